The standard InChI is InChI=1S/C17H20N6O/c1-9-7-14(22(3)20-9)19-17(24)12-8-13(11-5-6-11)18-16-15(12)10(2)21-23(16)4/h7-8,11H,5-6H2,1-4H3,(H,19,24). The first-order valence-electron chi connectivity index (χ1n) is 8.10. The van der Waals surface area contributed by atoms with Crippen molar-refractivity contribution < 1.29 is 4.79 Å². The molecule has 0 aliphatic heterocycles. The molecule has 0 saturated heterocycles. The number of hydrogen-bond donors (Lipinski definition) is 1. The van der Waals surface area contributed by atoms with E-state index in [4.69, 9.17) is 4.98 Å². The highest BCUT2D eigenvalue weighted by Gasteiger charge is 2.28. The van der Waals surface area contributed by atoms with Crippen molar-refractivity contribution in [1.82, 2.24) is 24.5 Å². The van der Waals surface area contributed by atoms with Crippen molar-refractivity contribution in [2.75, 3.05) is 5.32 Å². The summed E-state index contributed by atoms with van der Waals surface area (Å²) in [6.07, 6.45) is 2.27. The number of nitrogens with zero attached hydrogens (tertiary/aromatic N) is 5. The molecule has 3 aromatic heterocycles. The maximum Gasteiger partial charge on any atom is 0.257 e. The average molecular weight is 324 g/mol. The number of aromatic nitrogens is 5. The minimum atomic E-state index is -0.150. The fourth-order valence-corrected chi connectivity index (χ4v) is 3.14. The van der Waals surface area contributed by atoms with Gasteiger partial charge in [0.1, 0.15) is 5.82 Å². The Morgan fingerprint density at radius 2 is 1.92 bits per heavy atom. The molecule has 124 valence electrons. The highest BCUT2D eigenvalue weighted by molar-refractivity contribution is 6.12. The van der Waals surface area contributed by atoms with Gasteiger partial charge in [0.25, 0.3) is 5.91 Å². The van der Waals surface area contributed by atoms with E-state index in [0.29, 0.717) is 17.3 Å². The smallest absolute Gasteiger partial charge is 0.257 e. The largest absolute Gasteiger partial charge is 0.307 e. The molecule has 1 amide bonds. The Hall–Kier alpha value is -2.70. The molecule has 1 fully saturated rings. The van der Waals surface area contributed by atoms with Crippen molar-refractivity contribution in [2.45, 2.75) is 32.6 Å². The number of anilines is 1. The van der Waals surface area contributed by atoms with Crippen molar-refractivity contribution in [3.63, 3.8) is 0 Å². The summed E-state index contributed by atoms with van der Waals surface area (Å²) in [5.74, 6) is 0.996. The second-order valence-electron chi connectivity index (χ2n) is 6.53. The second kappa shape index (κ2) is 5.15. The summed E-state index contributed by atoms with van der Waals surface area (Å²) >= 11 is 0. The van der Waals surface area contributed by atoms with E-state index in [1.54, 1.807) is 9.36 Å². The number of nitrogens with one attached hydrogen (secondary N) is 1. The molecule has 0 atom stereocenters. The van der Waals surface area contributed by atoms with Crippen LogP contribution in [-0.2, 0) is 14.1 Å². The van der Waals surface area contributed by atoms with Crippen LogP contribution in [0.1, 0.15) is 46.2 Å². The van der Waals surface area contributed by atoms with Crippen molar-refractivity contribution in [1.29, 1.82) is 0 Å². The van der Waals surface area contributed by atoms with Gasteiger partial charge in [0.2, 0.25) is 0 Å². The van der Waals surface area contributed by atoms with E-state index in [1.165, 1.54) is 0 Å². The fourth-order valence-electron chi connectivity index (χ4n) is 3.14. The average Bonchev–Trinajstić information content (AvgIpc) is 3.27. The number of fused-ring (bicyclic) bond motifs is 1. The topological polar surface area (TPSA) is 77.6 Å². The molecule has 24 heavy (non-hydrogen) atoms. The number of rotatable bonds is 3. The molecule has 0 bridgehead atoms. The summed E-state index contributed by atoms with van der Waals surface area (Å²) < 4.78 is 3.42. The quantitative estimate of drug-likeness (QED) is 0.803. The summed E-state index contributed by atoms with van der Waals surface area (Å²) in [5.41, 5.74) is 4.06. The number of aryl methyl sites for hydroxylation is 4. The predicted molar refractivity (Wildman–Crippen MR) is 91.1 cm³/mol. The Bertz CT molecular complexity index is 963. The van der Waals surface area contributed by atoms with E-state index in [2.05, 4.69) is 15.5 Å². The molecule has 0 aromatic carbocycles. The molecule has 1 aliphatic carbocycles. The number of carbonyl (C=O) groups excluding carboxylic acids is 1. The van der Waals surface area contributed by atoms with E-state index >= 15 is 0 Å². The van der Waals surface area contributed by atoms with Crippen molar-refractivity contribution in [3.8, 4) is 0 Å². The van der Waals surface area contributed by atoms with Crippen LogP contribution < -0.4 is 5.32 Å². The monoisotopic (exact) mass is 324 g/mol. The Kier molecular flexibility index (Phi) is 3.19. The van der Waals surface area contributed by atoms with Gasteiger partial charge in [-0.25, -0.2) is 4.98 Å². The SMILES string of the molecule is Cc1cc(NC(=O)c2cc(C3CC3)nc3c2c(C)nn3C)n(C)n1. The van der Waals surface area contributed by atoms with Crippen LogP contribution in [0, 0.1) is 13.8 Å². The summed E-state index contributed by atoms with van der Waals surface area (Å²) in [4.78, 5) is 17.7. The van der Waals surface area contributed by atoms with Gasteiger partial charge in [-0.3, -0.25) is 14.2 Å². The zero-order valence-electron chi connectivity index (χ0n) is 14.3. The lowest BCUT2D eigenvalue weighted by molar-refractivity contribution is 0.102. The molecule has 3 heterocycles. The summed E-state index contributed by atoms with van der Waals surface area (Å²) in [6.45, 7) is 3.81. The zero-order chi connectivity index (χ0) is 17.0. The first-order valence-corrected chi connectivity index (χ1v) is 8.10. The van der Waals surface area contributed by atoms with Crippen LogP contribution in [0.4, 0.5) is 5.82 Å². The minimum absolute atomic E-state index is 0.150. The maximum absolute atomic E-state index is 12.9. The first kappa shape index (κ1) is 14.9. The van der Waals surface area contributed by atoms with Crippen LogP contribution in [0.3, 0.4) is 0 Å². The van der Waals surface area contributed by atoms with Gasteiger partial charge in [-0.15, -0.1) is 0 Å². The molecule has 0 radical (unpaired) electrons. The van der Waals surface area contributed by atoms with E-state index in [1.807, 2.05) is 40.1 Å². The normalized spacial score (nSPS) is 14.3. The van der Waals surface area contributed by atoms with Gasteiger partial charge >= 0.3 is 0 Å². The lowest BCUT2D eigenvalue weighted by atomic mass is 10.1. The molecule has 1 saturated carbocycles. The van der Waals surface area contributed by atoms with Gasteiger partial charge in [0, 0.05) is 31.8 Å². The van der Waals surface area contributed by atoms with Gasteiger partial charge in [-0.1, -0.05) is 0 Å². The van der Waals surface area contributed by atoms with Gasteiger partial charge in [-0.05, 0) is 32.8 Å². The summed E-state index contributed by atoms with van der Waals surface area (Å²) in [5, 5.41) is 12.5. The fraction of sp³-hybridized carbons (Fsp3) is 0.412. The molecule has 7 nitrogen and oxygen atoms in total. The van der Waals surface area contributed by atoms with Crippen LogP contribution in [0.2, 0.25) is 0 Å². The number of hydrogen-bond acceptors (Lipinski definition) is 4. The molecule has 7 heteroatoms. The van der Waals surface area contributed by atoms with E-state index in [0.717, 1.165) is 41.0 Å². The van der Waals surface area contributed by atoms with E-state index < -0.39 is 0 Å². The van der Waals surface area contributed by atoms with Gasteiger partial charge in [0.15, 0.2) is 5.65 Å². The zero-order valence-corrected chi connectivity index (χ0v) is 14.3. The molecule has 4 rings (SSSR count). The molecular formula is C17H20N6O. The summed E-state index contributed by atoms with van der Waals surface area (Å²) in [6, 6.07) is 3.78. The van der Waals surface area contributed by atoms with E-state index in [9.17, 15) is 4.79 Å². The van der Waals surface area contributed by atoms with Crippen LogP contribution in [0.25, 0.3) is 11.0 Å². The predicted octanol–water partition coefficient (Wildman–Crippen LogP) is 2.45. The third kappa shape index (κ3) is 2.36. The Labute approximate surface area is 139 Å². The van der Waals surface area contributed by atoms with Gasteiger partial charge < -0.3 is 5.32 Å². The summed E-state index contributed by atoms with van der Waals surface area (Å²) in [7, 11) is 3.68. The maximum atomic E-state index is 12.9. The minimum Gasteiger partial charge on any atom is -0.307 e. The van der Waals surface area contributed by atoms with Gasteiger partial charge in [-0.2, -0.15) is 10.2 Å². The van der Waals surface area contributed by atoms with Crippen molar-refractivity contribution in [3.05, 3.63) is 34.8 Å². The molecule has 0 spiro atoms. The third-order valence-electron chi connectivity index (χ3n) is 4.47. The molecule has 3 aromatic rings. The first-order chi connectivity index (χ1) is 11.4. The lowest BCUT2D eigenvalue weighted by Gasteiger charge is -2.09. The van der Waals surface area contributed by atoms with Crippen LogP contribution in [0.15, 0.2) is 12.1 Å². The molecule has 0 unspecified atom stereocenters. The highest BCUT2D eigenvalue weighted by atomic mass is 16.1. The van der Waals surface area contributed by atoms with Crippen molar-refractivity contribution >= 4 is 22.8 Å². The molecule has 1 N–H and O–H groups in total. The Morgan fingerprint density at radius 3 is 2.54 bits per heavy atom. The second-order valence-corrected chi connectivity index (χ2v) is 6.53. The number of amides is 1. The lowest BCUT2D eigenvalue weighted by Crippen LogP contribution is -2.16. The van der Waals surface area contributed by atoms with E-state index in [-0.39, 0.29) is 5.91 Å². The Morgan fingerprint density at radius 1 is 1.17 bits per heavy atom. The van der Waals surface area contributed by atoms with Crippen LogP contribution in [0.5, 0.6) is 0 Å². The van der Waals surface area contributed by atoms with Crippen LogP contribution in [-0.4, -0.2) is 30.5 Å². The van der Waals surface area contributed by atoms with Crippen molar-refractivity contribution in [2.24, 2.45) is 14.1 Å². The number of pyridine rings is 1. The Balaban J connectivity index is 1.82. The van der Waals surface area contributed by atoms with Gasteiger partial charge in [0.05, 0.1) is 22.3 Å². The highest BCUT2D eigenvalue weighted by Crippen LogP contribution is 2.40. The van der Waals surface area contributed by atoms with Crippen LogP contribution >= 0.6 is 0 Å². The number of carbonyl (C=O) groups is 1. The molecule has 1 aliphatic rings. The molecular weight excluding hydrogens is 304 g/mol. The third-order valence-corrected chi connectivity index (χ3v) is 4.47.